The number of esters is 1. The minimum absolute atomic E-state index is 0.0267. The second-order valence-corrected chi connectivity index (χ2v) is 4.22. The summed E-state index contributed by atoms with van der Waals surface area (Å²) in [6, 6.07) is 11.4. The predicted octanol–water partition coefficient (Wildman–Crippen LogP) is 3.03. The first-order chi connectivity index (χ1) is 8.24. The maximum Gasteiger partial charge on any atom is 0.312 e. The Labute approximate surface area is 99.0 Å². The van der Waals surface area contributed by atoms with Crippen LogP contribution in [0.5, 0.6) is 5.75 Å². The van der Waals surface area contributed by atoms with E-state index in [1.54, 1.807) is 0 Å². The number of hydrogen-bond acceptors (Lipinski definition) is 3. The molecule has 1 unspecified atom stereocenters. The van der Waals surface area contributed by atoms with E-state index in [1.165, 1.54) is 0 Å². The van der Waals surface area contributed by atoms with E-state index in [9.17, 15) is 4.79 Å². The highest BCUT2D eigenvalue weighted by Crippen LogP contribution is 2.38. The van der Waals surface area contributed by atoms with Crippen LogP contribution in [0.3, 0.4) is 0 Å². The Balaban J connectivity index is 2.09. The number of ether oxygens (including phenoxy) is 1. The van der Waals surface area contributed by atoms with E-state index in [-0.39, 0.29) is 11.9 Å². The SMILES string of the molecule is Cc1ccc(C2CC(=O)Oc3ccccc32)o1. The second kappa shape index (κ2) is 3.77. The van der Waals surface area contributed by atoms with Gasteiger partial charge in [-0.2, -0.15) is 0 Å². The van der Waals surface area contributed by atoms with Crippen molar-refractivity contribution in [1.82, 2.24) is 0 Å². The van der Waals surface area contributed by atoms with Crippen LogP contribution in [0.4, 0.5) is 0 Å². The van der Waals surface area contributed by atoms with Gasteiger partial charge < -0.3 is 9.15 Å². The molecule has 3 rings (SSSR count). The molecular weight excluding hydrogens is 216 g/mol. The van der Waals surface area contributed by atoms with Crippen LogP contribution in [0.2, 0.25) is 0 Å². The Morgan fingerprint density at radius 1 is 1.18 bits per heavy atom. The van der Waals surface area contributed by atoms with Gasteiger partial charge in [0.2, 0.25) is 0 Å². The van der Waals surface area contributed by atoms with Crippen molar-refractivity contribution in [2.45, 2.75) is 19.3 Å². The Morgan fingerprint density at radius 3 is 2.76 bits per heavy atom. The summed E-state index contributed by atoms with van der Waals surface area (Å²) in [5.41, 5.74) is 1.02. The molecule has 1 aliphatic rings. The van der Waals surface area contributed by atoms with Gasteiger partial charge >= 0.3 is 5.97 Å². The highest BCUT2D eigenvalue weighted by molar-refractivity contribution is 5.77. The van der Waals surface area contributed by atoms with E-state index in [4.69, 9.17) is 9.15 Å². The number of furan rings is 1. The normalized spacial score (nSPS) is 18.6. The van der Waals surface area contributed by atoms with E-state index in [2.05, 4.69) is 0 Å². The number of fused-ring (bicyclic) bond motifs is 1. The maximum atomic E-state index is 11.6. The molecular formula is C14H12O3. The molecule has 3 heteroatoms. The van der Waals surface area contributed by atoms with E-state index < -0.39 is 0 Å². The minimum atomic E-state index is -0.206. The molecule has 0 fully saturated rings. The number of rotatable bonds is 1. The predicted molar refractivity (Wildman–Crippen MR) is 62.0 cm³/mol. The first-order valence-electron chi connectivity index (χ1n) is 5.60. The van der Waals surface area contributed by atoms with E-state index >= 15 is 0 Å². The Morgan fingerprint density at radius 2 is 2.00 bits per heavy atom. The van der Waals surface area contributed by atoms with Crippen LogP contribution in [0.15, 0.2) is 40.8 Å². The third kappa shape index (κ3) is 1.73. The van der Waals surface area contributed by atoms with Gasteiger partial charge in [-0.15, -0.1) is 0 Å². The van der Waals surface area contributed by atoms with Gasteiger partial charge in [-0.05, 0) is 25.1 Å². The molecule has 1 aliphatic heterocycles. The van der Waals surface area contributed by atoms with E-state index in [1.807, 2.05) is 43.3 Å². The number of para-hydroxylation sites is 1. The van der Waals surface area contributed by atoms with Crippen LogP contribution < -0.4 is 4.74 Å². The van der Waals surface area contributed by atoms with Gasteiger partial charge in [0.15, 0.2) is 0 Å². The first-order valence-corrected chi connectivity index (χ1v) is 5.60. The van der Waals surface area contributed by atoms with Crippen LogP contribution in [0, 0.1) is 6.92 Å². The molecule has 0 amide bonds. The highest BCUT2D eigenvalue weighted by atomic mass is 16.5. The molecule has 0 radical (unpaired) electrons. The average Bonchev–Trinajstić information content (AvgIpc) is 2.74. The van der Waals surface area contributed by atoms with Crippen molar-refractivity contribution in [1.29, 1.82) is 0 Å². The molecule has 86 valence electrons. The average molecular weight is 228 g/mol. The maximum absolute atomic E-state index is 11.6. The third-order valence-corrected chi connectivity index (χ3v) is 2.99. The molecule has 0 aliphatic carbocycles. The molecule has 2 heterocycles. The second-order valence-electron chi connectivity index (χ2n) is 4.22. The topological polar surface area (TPSA) is 39.4 Å². The van der Waals surface area contributed by atoms with E-state index in [0.717, 1.165) is 17.1 Å². The van der Waals surface area contributed by atoms with Crippen LogP contribution in [0.1, 0.15) is 29.4 Å². The summed E-state index contributed by atoms with van der Waals surface area (Å²) in [7, 11) is 0. The monoisotopic (exact) mass is 228 g/mol. The van der Waals surface area contributed by atoms with Crippen molar-refractivity contribution in [2.24, 2.45) is 0 Å². The van der Waals surface area contributed by atoms with Gasteiger partial charge in [0.05, 0.1) is 12.3 Å². The zero-order chi connectivity index (χ0) is 11.8. The van der Waals surface area contributed by atoms with Crippen molar-refractivity contribution >= 4 is 5.97 Å². The van der Waals surface area contributed by atoms with Crippen LogP contribution in [-0.2, 0) is 4.79 Å². The largest absolute Gasteiger partial charge is 0.466 e. The van der Waals surface area contributed by atoms with Gasteiger partial charge in [0.25, 0.3) is 0 Å². The van der Waals surface area contributed by atoms with Crippen LogP contribution in [0.25, 0.3) is 0 Å². The van der Waals surface area contributed by atoms with E-state index in [0.29, 0.717) is 12.2 Å². The summed E-state index contributed by atoms with van der Waals surface area (Å²) in [5.74, 6) is 2.09. The Kier molecular flexibility index (Phi) is 2.25. The smallest absolute Gasteiger partial charge is 0.312 e. The standard InChI is InChI=1S/C14H12O3/c1-9-6-7-13(16-9)11-8-14(15)17-12-5-3-2-4-10(11)12/h2-7,11H,8H2,1H3. The third-order valence-electron chi connectivity index (χ3n) is 2.99. The molecule has 3 nitrogen and oxygen atoms in total. The first kappa shape index (κ1) is 10.1. The van der Waals surface area contributed by atoms with Gasteiger partial charge in [-0.1, -0.05) is 18.2 Å². The fourth-order valence-electron chi connectivity index (χ4n) is 2.20. The number of hydrogen-bond donors (Lipinski definition) is 0. The Hall–Kier alpha value is -2.03. The zero-order valence-corrected chi connectivity index (χ0v) is 9.47. The molecule has 17 heavy (non-hydrogen) atoms. The van der Waals surface area contributed by atoms with Gasteiger partial charge in [0.1, 0.15) is 17.3 Å². The van der Waals surface area contributed by atoms with Crippen molar-refractivity contribution in [3.05, 3.63) is 53.5 Å². The minimum Gasteiger partial charge on any atom is -0.466 e. The van der Waals surface area contributed by atoms with Crippen LogP contribution >= 0.6 is 0 Å². The highest BCUT2D eigenvalue weighted by Gasteiger charge is 2.29. The van der Waals surface area contributed by atoms with Gasteiger partial charge in [-0.25, -0.2) is 0 Å². The quantitative estimate of drug-likeness (QED) is 0.556. The molecule has 2 aromatic rings. The molecule has 0 saturated carbocycles. The summed E-state index contributed by atoms with van der Waals surface area (Å²) >= 11 is 0. The van der Waals surface area contributed by atoms with Crippen molar-refractivity contribution in [3.63, 3.8) is 0 Å². The molecule has 1 aromatic heterocycles. The number of carbonyl (C=O) groups excluding carboxylic acids is 1. The lowest BCUT2D eigenvalue weighted by Gasteiger charge is -2.22. The zero-order valence-electron chi connectivity index (χ0n) is 9.47. The fraction of sp³-hybridized carbons (Fsp3) is 0.214. The summed E-state index contributed by atoms with van der Waals surface area (Å²) in [6.07, 6.45) is 0.337. The van der Waals surface area contributed by atoms with Gasteiger partial charge in [0, 0.05) is 5.56 Å². The van der Waals surface area contributed by atoms with Crippen molar-refractivity contribution < 1.29 is 13.9 Å². The lowest BCUT2D eigenvalue weighted by atomic mass is 9.91. The summed E-state index contributed by atoms with van der Waals surface area (Å²) < 4.78 is 10.8. The molecule has 0 spiro atoms. The fourth-order valence-corrected chi connectivity index (χ4v) is 2.20. The summed E-state index contributed by atoms with van der Waals surface area (Å²) in [5, 5.41) is 0. The molecule has 0 N–H and O–H groups in total. The van der Waals surface area contributed by atoms with Crippen molar-refractivity contribution in [2.75, 3.05) is 0 Å². The molecule has 0 bridgehead atoms. The molecule has 1 aromatic carbocycles. The molecule has 1 atom stereocenters. The van der Waals surface area contributed by atoms with Gasteiger partial charge in [-0.3, -0.25) is 4.79 Å². The number of aryl methyl sites for hydroxylation is 1. The lowest BCUT2D eigenvalue weighted by molar-refractivity contribution is -0.135. The summed E-state index contributed by atoms with van der Waals surface area (Å²) in [6.45, 7) is 1.90. The number of carbonyl (C=O) groups is 1. The Bertz CT molecular complexity index is 568. The lowest BCUT2D eigenvalue weighted by Crippen LogP contribution is -2.20. The molecule has 0 saturated heterocycles. The number of benzene rings is 1. The summed E-state index contributed by atoms with van der Waals surface area (Å²) in [4.78, 5) is 11.6. The van der Waals surface area contributed by atoms with Crippen molar-refractivity contribution in [3.8, 4) is 5.75 Å². The van der Waals surface area contributed by atoms with Crippen LogP contribution in [-0.4, -0.2) is 5.97 Å².